The van der Waals surface area contributed by atoms with Crippen LogP contribution >= 0.6 is 0 Å². The summed E-state index contributed by atoms with van der Waals surface area (Å²) in [6.07, 6.45) is 1.96. The average molecular weight is 233 g/mol. The van der Waals surface area contributed by atoms with E-state index in [-0.39, 0.29) is 11.9 Å². The predicted octanol–water partition coefficient (Wildman–Crippen LogP) is 0.853. The molecular weight excluding hydrogens is 218 g/mol. The smallest absolute Gasteiger partial charge is 0.288 e. The minimum atomic E-state index is -1.79. The molecule has 0 aliphatic carbocycles. The summed E-state index contributed by atoms with van der Waals surface area (Å²) in [7, 11) is 0. The first-order chi connectivity index (χ1) is 8.22. The van der Waals surface area contributed by atoms with Crippen LogP contribution in [0.5, 0.6) is 0 Å². The van der Waals surface area contributed by atoms with E-state index in [4.69, 9.17) is 4.74 Å². The van der Waals surface area contributed by atoms with E-state index in [1.165, 1.54) is 0 Å². The summed E-state index contributed by atoms with van der Waals surface area (Å²) in [6, 6.07) is 9.01. The standard InChI is InChI=1S/C13H15NO3/c15-12-13(16,10-5-2-1-3-6-10)17-9-11-7-4-8-14(11)12/h1-3,5-6,11,16H,4,7-9H2/t11-,13?/m0/s1. The highest BCUT2D eigenvalue weighted by atomic mass is 16.6. The molecule has 1 N–H and O–H groups in total. The minimum Gasteiger partial charge on any atom is -0.354 e. The zero-order chi connectivity index (χ0) is 11.9. The van der Waals surface area contributed by atoms with Crippen LogP contribution in [0.4, 0.5) is 0 Å². The number of ether oxygens (including phenoxy) is 1. The highest BCUT2D eigenvalue weighted by Crippen LogP contribution is 2.34. The second kappa shape index (κ2) is 3.82. The summed E-state index contributed by atoms with van der Waals surface area (Å²) < 4.78 is 5.44. The van der Waals surface area contributed by atoms with E-state index in [1.807, 2.05) is 6.07 Å². The molecule has 0 radical (unpaired) electrons. The van der Waals surface area contributed by atoms with E-state index in [2.05, 4.69) is 0 Å². The Morgan fingerprint density at radius 3 is 2.88 bits per heavy atom. The number of hydrogen-bond acceptors (Lipinski definition) is 3. The summed E-state index contributed by atoms with van der Waals surface area (Å²) in [5, 5.41) is 10.4. The first-order valence-corrected chi connectivity index (χ1v) is 5.95. The van der Waals surface area contributed by atoms with Crippen molar-refractivity contribution in [1.82, 2.24) is 4.90 Å². The molecule has 2 saturated heterocycles. The van der Waals surface area contributed by atoms with Gasteiger partial charge < -0.3 is 14.7 Å². The molecule has 2 aliphatic heterocycles. The summed E-state index contributed by atoms with van der Waals surface area (Å²) >= 11 is 0. The van der Waals surface area contributed by atoms with Crippen LogP contribution in [0.3, 0.4) is 0 Å². The highest BCUT2D eigenvalue weighted by Gasteiger charge is 2.49. The first kappa shape index (κ1) is 10.7. The number of hydrogen-bond donors (Lipinski definition) is 1. The molecule has 3 rings (SSSR count). The van der Waals surface area contributed by atoms with Gasteiger partial charge in [-0.3, -0.25) is 4.79 Å². The normalized spacial score (nSPS) is 32.6. The van der Waals surface area contributed by atoms with Crippen LogP contribution in [0.25, 0.3) is 0 Å². The Kier molecular flexibility index (Phi) is 2.42. The maximum Gasteiger partial charge on any atom is 0.288 e. The highest BCUT2D eigenvalue weighted by molar-refractivity contribution is 5.86. The number of nitrogens with zero attached hydrogens (tertiary/aromatic N) is 1. The monoisotopic (exact) mass is 233 g/mol. The van der Waals surface area contributed by atoms with Gasteiger partial charge in [0, 0.05) is 12.1 Å². The molecule has 0 saturated carbocycles. The number of aliphatic hydroxyl groups is 1. The van der Waals surface area contributed by atoms with Gasteiger partial charge in [-0.2, -0.15) is 0 Å². The van der Waals surface area contributed by atoms with Gasteiger partial charge in [0.1, 0.15) is 0 Å². The van der Waals surface area contributed by atoms with E-state index in [9.17, 15) is 9.90 Å². The van der Waals surface area contributed by atoms with Gasteiger partial charge in [-0.15, -0.1) is 0 Å². The van der Waals surface area contributed by atoms with Gasteiger partial charge in [-0.25, -0.2) is 0 Å². The number of benzene rings is 1. The number of carbonyl (C=O) groups is 1. The Morgan fingerprint density at radius 2 is 2.12 bits per heavy atom. The van der Waals surface area contributed by atoms with Crippen molar-refractivity contribution in [2.24, 2.45) is 0 Å². The maximum atomic E-state index is 12.3. The van der Waals surface area contributed by atoms with Crippen molar-refractivity contribution in [2.75, 3.05) is 13.2 Å². The van der Waals surface area contributed by atoms with E-state index < -0.39 is 5.79 Å². The van der Waals surface area contributed by atoms with Crippen molar-refractivity contribution in [1.29, 1.82) is 0 Å². The molecule has 4 heteroatoms. The predicted molar refractivity (Wildman–Crippen MR) is 61.0 cm³/mol. The number of morpholine rings is 1. The van der Waals surface area contributed by atoms with Gasteiger partial charge in [0.25, 0.3) is 11.7 Å². The molecule has 17 heavy (non-hydrogen) atoms. The van der Waals surface area contributed by atoms with Crippen LogP contribution in [0.15, 0.2) is 30.3 Å². The number of carbonyl (C=O) groups excluding carboxylic acids is 1. The number of amides is 1. The molecule has 1 aromatic carbocycles. The van der Waals surface area contributed by atoms with Gasteiger partial charge in [0.15, 0.2) is 0 Å². The lowest BCUT2D eigenvalue weighted by Crippen LogP contribution is -2.57. The average Bonchev–Trinajstić information content (AvgIpc) is 2.84. The molecule has 2 heterocycles. The lowest BCUT2D eigenvalue weighted by molar-refractivity contribution is -0.245. The van der Waals surface area contributed by atoms with Crippen molar-refractivity contribution < 1.29 is 14.6 Å². The van der Waals surface area contributed by atoms with Crippen LogP contribution in [0.1, 0.15) is 18.4 Å². The molecule has 90 valence electrons. The minimum absolute atomic E-state index is 0.145. The second-order valence-corrected chi connectivity index (χ2v) is 4.62. The third-order valence-electron chi connectivity index (χ3n) is 3.58. The van der Waals surface area contributed by atoms with Gasteiger partial charge in [0.2, 0.25) is 0 Å². The molecule has 0 aromatic heterocycles. The Hall–Kier alpha value is -1.39. The Morgan fingerprint density at radius 1 is 1.35 bits per heavy atom. The van der Waals surface area contributed by atoms with Crippen molar-refractivity contribution in [3.63, 3.8) is 0 Å². The largest absolute Gasteiger partial charge is 0.354 e. The fourth-order valence-electron chi connectivity index (χ4n) is 2.62. The Bertz CT molecular complexity index is 434. The SMILES string of the molecule is O=C1N2CCC[C@H]2COC1(O)c1ccccc1. The maximum absolute atomic E-state index is 12.3. The molecule has 2 atom stereocenters. The van der Waals surface area contributed by atoms with E-state index >= 15 is 0 Å². The number of fused-ring (bicyclic) bond motifs is 1. The molecule has 2 aliphatic rings. The molecule has 0 bridgehead atoms. The van der Waals surface area contributed by atoms with E-state index in [1.54, 1.807) is 29.2 Å². The molecular formula is C13H15NO3. The Balaban J connectivity index is 1.95. The van der Waals surface area contributed by atoms with Gasteiger partial charge in [0.05, 0.1) is 12.6 Å². The van der Waals surface area contributed by atoms with Crippen LogP contribution in [0, 0.1) is 0 Å². The molecule has 0 spiro atoms. The van der Waals surface area contributed by atoms with Gasteiger partial charge in [-0.1, -0.05) is 30.3 Å². The van der Waals surface area contributed by atoms with Gasteiger partial charge >= 0.3 is 0 Å². The Labute approximate surface area is 99.8 Å². The summed E-state index contributed by atoms with van der Waals surface area (Å²) in [4.78, 5) is 14.0. The molecule has 1 amide bonds. The van der Waals surface area contributed by atoms with Crippen molar-refractivity contribution in [2.45, 2.75) is 24.7 Å². The van der Waals surface area contributed by atoms with Crippen LogP contribution in [0.2, 0.25) is 0 Å². The zero-order valence-electron chi connectivity index (χ0n) is 9.50. The fraction of sp³-hybridized carbons (Fsp3) is 0.462. The third-order valence-corrected chi connectivity index (χ3v) is 3.58. The number of rotatable bonds is 1. The van der Waals surface area contributed by atoms with Crippen molar-refractivity contribution in [3.8, 4) is 0 Å². The summed E-state index contributed by atoms with van der Waals surface area (Å²) in [6.45, 7) is 1.14. The van der Waals surface area contributed by atoms with Crippen molar-refractivity contribution >= 4 is 5.91 Å². The molecule has 1 aromatic rings. The van der Waals surface area contributed by atoms with E-state index in [0.29, 0.717) is 12.2 Å². The van der Waals surface area contributed by atoms with Crippen LogP contribution in [-0.4, -0.2) is 35.1 Å². The summed E-state index contributed by atoms with van der Waals surface area (Å²) in [5.41, 5.74) is 0.510. The summed E-state index contributed by atoms with van der Waals surface area (Å²) in [5.74, 6) is -2.11. The third kappa shape index (κ3) is 1.56. The second-order valence-electron chi connectivity index (χ2n) is 4.62. The van der Waals surface area contributed by atoms with Crippen molar-refractivity contribution in [3.05, 3.63) is 35.9 Å². The van der Waals surface area contributed by atoms with Crippen LogP contribution in [-0.2, 0) is 15.3 Å². The quantitative estimate of drug-likeness (QED) is 0.782. The molecule has 2 fully saturated rings. The van der Waals surface area contributed by atoms with Gasteiger partial charge in [-0.05, 0) is 12.8 Å². The lowest BCUT2D eigenvalue weighted by atomic mass is 10.0. The topological polar surface area (TPSA) is 49.8 Å². The fourth-order valence-corrected chi connectivity index (χ4v) is 2.62. The van der Waals surface area contributed by atoms with Crippen LogP contribution < -0.4 is 0 Å². The molecule has 1 unspecified atom stereocenters. The molecule has 4 nitrogen and oxygen atoms in total. The first-order valence-electron chi connectivity index (χ1n) is 5.95. The lowest BCUT2D eigenvalue weighted by Gasteiger charge is -2.40. The van der Waals surface area contributed by atoms with E-state index in [0.717, 1.165) is 19.4 Å². The zero-order valence-corrected chi connectivity index (χ0v) is 9.50.